The Bertz CT molecular complexity index is 501. The molecule has 0 bridgehead atoms. The molecule has 0 aliphatic rings. The summed E-state index contributed by atoms with van der Waals surface area (Å²) in [5.41, 5.74) is 6.66. The van der Waals surface area contributed by atoms with Crippen LogP contribution in [0, 0.1) is 13.8 Å². The van der Waals surface area contributed by atoms with Gasteiger partial charge in [0.25, 0.3) is 0 Å². The van der Waals surface area contributed by atoms with Crippen molar-refractivity contribution < 1.29 is 0 Å². The van der Waals surface area contributed by atoms with Gasteiger partial charge in [0, 0.05) is 5.33 Å². The first-order chi connectivity index (χ1) is 8.72. The standard InChI is InChI=1S/C15H15Br.C2H6/c1-11-5-3-4-6-14(11)15-9-13(10-16)8-7-12(15)2;1-2/h3-9H,10H2,1-2H3;1-2H3. The van der Waals surface area contributed by atoms with E-state index in [2.05, 4.69) is 72.2 Å². The van der Waals surface area contributed by atoms with Crippen molar-refractivity contribution in [3.05, 3.63) is 59.2 Å². The molecule has 0 amide bonds. The summed E-state index contributed by atoms with van der Waals surface area (Å²) in [5.74, 6) is 0. The van der Waals surface area contributed by atoms with Crippen molar-refractivity contribution in [1.82, 2.24) is 0 Å². The van der Waals surface area contributed by atoms with E-state index in [1.54, 1.807) is 0 Å². The van der Waals surface area contributed by atoms with Crippen LogP contribution in [-0.4, -0.2) is 0 Å². The van der Waals surface area contributed by atoms with E-state index < -0.39 is 0 Å². The van der Waals surface area contributed by atoms with Gasteiger partial charge < -0.3 is 0 Å². The molecule has 0 heterocycles. The number of alkyl halides is 1. The van der Waals surface area contributed by atoms with Crippen LogP contribution in [0.3, 0.4) is 0 Å². The molecule has 0 spiro atoms. The lowest BCUT2D eigenvalue weighted by atomic mass is 9.95. The van der Waals surface area contributed by atoms with E-state index in [0.29, 0.717) is 0 Å². The zero-order valence-electron chi connectivity index (χ0n) is 11.6. The predicted octanol–water partition coefficient (Wildman–Crippen LogP) is 5.89. The van der Waals surface area contributed by atoms with Gasteiger partial charge in [0.15, 0.2) is 0 Å². The van der Waals surface area contributed by atoms with Crippen LogP contribution in [0.1, 0.15) is 30.5 Å². The maximum atomic E-state index is 3.51. The summed E-state index contributed by atoms with van der Waals surface area (Å²) < 4.78 is 0. The van der Waals surface area contributed by atoms with Gasteiger partial charge in [-0.3, -0.25) is 0 Å². The summed E-state index contributed by atoms with van der Waals surface area (Å²) in [6.45, 7) is 8.33. The van der Waals surface area contributed by atoms with Crippen LogP contribution in [-0.2, 0) is 5.33 Å². The Hall–Kier alpha value is -1.08. The van der Waals surface area contributed by atoms with Crippen molar-refractivity contribution in [2.24, 2.45) is 0 Å². The van der Waals surface area contributed by atoms with E-state index in [4.69, 9.17) is 0 Å². The smallest absolute Gasteiger partial charge is 0.0283 e. The van der Waals surface area contributed by atoms with E-state index >= 15 is 0 Å². The fourth-order valence-corrected chi connectivity index (χ4v) is 2.27. The molecule has 96 valence electrons. The number of aryl methyl sites for hydroxylation is 2. The molecule has 18 heavy (non-hydrogen) atoms. The van der Waals surface area contributed by atoms with Crippen molar-refractivity contribution in [1.29, 1.82) is 0 Å². The molecule has 0 aliphatic heterocycles. The van der Waals surface area contributed by atoms with Gasteiger partial charge in [-0.15, -0.1) is 0 Å². The van der Waals surface area contributed by atoms with Crippen molar-refractivity contribution in [2.45, 2.75) is 33.0 Å². The van der Waals surface area contributed by atoms with Gasteiger partial charge in [0.2, 0.25) is 0 Å². The molecule has 0 atom stereocenters. The third-order valence-corrected chi connectivity index (χ3v) is 3.54. The number of hydrogen-bond acceptors (Lipinski definition) is 0. The van der Waals surface area contributed by atoms with Crippen LogP contribution in [0.4, 0.5) is 0 Å². The van der Waals surface area contributed by atoms with Crippen LogP contribution >= 0.6 is 15.9 Å². The normalized spacial score (nSPS) is 9.61. The van der Waals surface area contributed by atoms with Crippen LogP contribution in [0.15, 0.2) is 42.5 Å². The molecule has 0 nitrogen and oxygen atoms in total. The summed E-state index contributed by atoms with van der Waals surface area (Å²) in [6.07, 6.45) is 0. The van der Waals surface area contributed by atoms with Crippen LogP contribution in [0.5, 0.6) is 0 Å². The molecule has 2 aromatic carbocycles. The van der Waals surface area contributed by atoms with E-state index in [9.17, 15) is 0 Å². The summed E-state index contributed by atoms with van der Waals surface area (Å²) in [5, 5.41) is 0.909. The van der Waals surface area contributed by atoms with Gasteiger partial charge in [-0.25, -0.2) is 0 Å². The second-order valence-corrected chi connectivity index (χ2v) is 4.66. The van der Waals surface area contributed by atoms with Crippen LogP contribution < -0.4 is 0 Å². The SMILES string of the molecule is CC.Cc1ccccc1-c1cc(CBr)ccc1C. The third-order valence-electron chi connectivity index (χ3n) is 2.89. The second kappa shape index (κ2) is 7.38. The Morgan fingerprint density at radius 2 is 1.44 bits per heavy atom. The Morgan fingerprint density at radius 1 is 0.833 bits per heavy atom. The van der Waals surface area contributed by atoms with E-state index in [1.165, 1.54) is 27.8 Å². The Morgan fingerprint density at radius 3 is 2.06 bits per heavy atom. The van der Waals surface area contributed by atoms with E-state index in [-0.39, 0.29) is 0 Å². The summed E-state index contributed by atoms with van der Waals surface area (Å²) >= 11 is 3.51. The molecule has 0 aliphatic carbocycles. The second-order valence-electron chi connectivity index (χ2n) is 4.10. The van der Waals surface area contributed by atoms with E-state index in [0.717, 1.165) is 5.33 Å². The first-order valence-corrected chi connectivity index (χ1v) is 7.56. The summed E-state index contributed by atoms with van der Waals surface area (Å²) in [4.78, 5) is 0. The molecule has 0 aromatic heterocycles. The first-order valence-electron chi connectivity index (χ1n) is 6.44. The minimum Gasteiger partial charge on any atom is -0.0876 e. The highest BCUT2D eigenvalue weighted by Crippen LogP contribution is 2.27. The van der Waals surface area contributed by atoms with Gasteiger partial charge >= 0.3 is 0 Å². The quantitative estimate of drug-likeness (QED) is 0.607. The average Bonchev–Trinajstić information content (AvgIpc) is 2.43. The number of halogens is 1. The van der Waals surface area contributed by atoms with Crippen LogP contribution in [0.25, 0.3) is 11.1 Å². The van der Waals surface area contributed by atoms with Crippen molar-refractivity contribution in [3.63, 3.8) is 0 Å². The van der Waals surface area contributed by atoms with Crippen molar-refractivity contribution in [2.75, 3.05) is 0 Å². The van der Waals surface area contributed by atoms with Crippen LogP contribution in [0.2, 0.25) is 0 Å². The molecule has 0 radical (unpaired) electrons. The predicted molar refractivity (Wildman–Crippen MR) is 85.3 cm³/mol. The number of rotatable bonds is 2. The maximum absolute atomic E-state index is 3.51. The van der Waals surface area contributed by atoms with Gasteiger partial charge in [0.05, 0.1) is 0 Å². The highest BCUT2D eigenvalue weighted by atomic mass is 79.9. The zero-order valence-corrected chi connectivity index (χ0v) is 13.2. The van der Waals surface area contributed by atoms with Gasteiger partial charge in [-0.2, -0.15) is 0 Å². The van der Waals surface area contributed by atoms with Gasteiger partial charge in [-0.05, 0) is 41.7 Å². The lowest BCUT2D eigenvalue weighted by Crippen LogP contribution is -1.88. The zero-order chi connectivity index (χ0) is 13.5. The molecular formula is C17H21Br. The molecule has 0 saturated carbocycles. The molecule has 1 heteroatoms. The molecule has 0 saturated heterocycles. The topological polar surface area (TPSA) is 0 Å². The van der Waals surface area contributed by atoms with Crippen molar-refractivity contribution >= 4 is 15.9 Å². The van der Waals surface area contributed by atoms with Gasteiger partial charge in [-0.1, -0.05) is 72.2 Å². The molecule has 0 fully saturated rings. The average molecular weight is 305 g/mol. The Balaban J connectivity index is 0.000000771. The minimum atomic E-state index is 0.909. The molecule has 2 rings (SSSR count). The van der Waals surface area contributed by atoms with E-state index in [1.807, 2.05) is 13.8 Å². The first kappa shape index (κ1) is 15.0. The lowest BCUT2D eigenvalue weighted by molar-refractivity contribution is 1.36. The highest BCUT2D eigenvalue weighted by molar-refractivity contribution is 9.08. The third kappa shape index (κ3) is 3.46. The Labute approximate surface area is 119 Å². The summed E-state index contributed by atoms with van der Waals surface area (Å²) in [6, 6.07) is 15.2. The van der Waals surface area contributed by atoms with Gasteiger partial charge in [0.1, 0.15) is 0 Å². The Kier molecular flexibility index (Phi) is 6.14. The maximum Gasteiger partial charge on any atom is 0.0283 e. The molecule has 0 unspecified atom stereocenters. The number of hydrogen-bond donors (Lipinski definition) is 0. The molecule has 0 N–H and O–H groups in total. The molecular weight excluding hydrogens is 284 g/mol. The number of benzene rings is 2. The fraction of sp³-hybridized carbons (Fsp3) is 0.294. The fourth-order valence-electron chi connectivity index (χ4n) is 1.92. The highest BCUT2D eigenvalue weighted by Gasteiger charge is 2.05. The monoisotopic (exact) mass is 304 g/mol. The molecule has 2 aromatic rings. The summed E-state index contributed by atoms with van der Waals surface area (Å²) in [7, 11) is 0. The minimum absolute atomic E-state index is 0.909. The lowest BCUT2D eigenvalue weighted by Gasteiger charge is -2.10. The van der Waals surface area contributed by atoms with Crippen molar-refractivity contribution in [3.8, 4) is 11.1 Å². The largest absolute Gasteiger partial charge is 0.0876 e.